The normalized spacial score (nSPS) is 13.0. The van der Waals surface area contributed by atoms with Crippen molar-refractivity contribution in [2.24, 2.45) is 0 Å². The van der Waals surface area contributed by atoms with Crippen LogP contribution < -0.4 is 8.85 Å². The van der Waals surface area contributed by atoms with E-state index in [2.05, 4.69) is 106 Å². The number of benzene rings is 2. The molecule has 2 aromatic carbocycles. The summed E-state index contributed by atoms with van der Waals surface area (Å²) < 4.78 is 13.1. The summed E-state index contributed by atoms with van der Waals surface area (Å²) in [6.45, 7) is 25.9. The summed E-state index contributed by atoms with van der Waals surface area (Å²) >= 11 is 0. The number of aliphatic hydroxyl groups is 2. The molecule has 0 spiro atoms. The lowest BCUT2D eigenvalue weighted by Gasteiger charge is -2.36. The summed E-state index contributed by atoms with van der Waals surface area (Å²) in [7, 11) is -2.93. The summed E-state index contributed by atoms with van der Waals surface area (Å²) in [6.07, 6.45) is 0. The highest BCUT2D eigenvalue weighted by atomic mass is 28.3. The van der Waals surface area contributed by atoms with E-state index in [-0.39, 0.29) is 24.0 Å². The van der Waals surface area contributed by atoms with Crippen molar-refractivity contribution < 1.29 is 19.1 Å². The van der Waals surface area contributed by atoms with Crippen molar-refractivity contribution in [3.05, 3.63) is 57.6 Å². The van der Waals surface area contributed by atoms with Crippen LogP contribution in [0.15, 0.2) is 24.3 Å². The first-order valence-corrected chi connectivity index (χ1v) is 18.4. The summed E-state index contributed by atoms with van der Waals surface area (Å²) in [4.78, 5) is 0. The zero-order valence-electron chi connectivity index (χ0n) is 24.1. The minimum Gasteiger partial charge on any atom is -0.547 e. The molecule has 35 heavy (non-hydrogen) atoms. The number of hydrogen-bond donors (Lipinski definition) is 2. The van der Waals surface area contributed by atoms with Crippen molar-refractivity contribution in [1.29, 1.82) is 0 Å². The first-order chi connectivity index (χ1) is 16.0. The van der Waals surface area contributed by atoms with Crippen LogP contribution in [0.25, 0.3) is 0 Å². The van der Waals surface area contributed by atoms with Gasteiger partial charge in [-0.2, -0.15) is 0 Å². The Morgan fingerprint density at radius 2 is 0.857 bits per heavy atom. The second-order valence-corrected chi connectivity index (χ2v) is 17.4. The van der Waals surface area contributed by atoms with Gasteiger partial charge in [0.2, 0.25) is 18.1 Å². The van der Waals surface area contributed by atoms with Gasteiger partial charge in [-0.25, -0.2) is 0 Å². The van der Waals surface area contributed by atoms with Crippen LogP contribution in [0, 0.1) is 0 Å². The molecule has 0 aromatic heterocycles. The standard InChI is InChI=1S/C29H48O4Si2/c1-27(2,3)21-13-15-23(25(19(21)17-30)32-34(9)10)29(7,8)24-16-14-22(28(4,5)6)20(18-31)26(24)33-35(11)12/h13-16,30-31,34-35H,17-18H2,1-12H3. The van der Waals surface area contributed by atoms with Gasteiger partial charge in [-0.15, -0.1) is 0 Å². The van der Waals surface area contributed by atoms with Gasteiger partial charge in [0.25, 0.3) is 0 Å². The maximum absolute atomic E-state index is 10.5. The van der Waals surface area contributed by atoms with E-state index in [1.54, 1.807) is 0 Å². The zero-order chi connectivity index (χ0) is 26.9. The fraction of sp³-hybridized carbons (Fsp3) is 0.586. The topological polar surface area (TPSA) is 58.9 Å². The van der Waals surface area contributed by atoms with Gasteiger partial charge in [0.05, 0.1) is 13.2 Å². The molecule has 0 amide bonds. The molecule has 0 radical (unpaired) electrons. The van der Waals surface area contributed by atoms with Crippen LogP contribution in [-0.2, 0) is 29.5 Å². The molecular weight excluding hydrogens is 468 g/mol. The second-order valence-electron chi connectivity index (χ2n) is 12.7. The Labute approximate surface area is 217 Å². The highest BCUT2D eigenvalue weighted by Gasteiger charge is 2.35. The predicted molar refractivity (Wildman–Crippen MR) is 153 cm³/mol. The van der Waals surface area contributed by atoms with Gasteiger partial charge in [-0.05, 0) is 48.1 Å². The van der Waals surface area contributed by atoms with Crippen LogP contribution >= 0.6 is 0 Å². The molecule has 2 N–H and O–H groups in total. The molecule has 0 aliphatic heterocycles. The molecule has 196 valence electrons. The Bertz CT molecular complexity index is 947. The van der Waals surface area contributed by atoms with E-state index in [9.17, 15) is 10.2 Å². The van der Waals surface area contributed by atoms with Gasteiger partial charge in [-0.1, -0.05) is 79.7 Å². The summed E-state index contributed by atoms with van der Waals surface area (Å²) in [5, 5.41) is 21.0. The number of aliphatic hydroxyl groups excluding tert-OH is 2. The van der Waals surface area contributed by atoms with Gasteiger partial charge >= 0.3 is 0 Å². The van der Waals surface area contributed by atoms with Crippen LogP contribution in [0.2, 0.25) is 26.2 Å². The Hall–Kier alpha value is -1.61. The average molecular weight is 517 g/mol. The number of rotatable bonds is 8. The Morgan fingerprint density at radius 1 is 0.571 bits per heavy atom. The van der Waals surface area contributed by atoms with Crippen molar-refractivity contribution in [1.82, 2.24) is 0 Å². The first kappa shape index (κ1) is 29.6. The summed E-state index contributed by atoms with van der Waals surface area (Å²) in [5.41, 5.74) is 5.33. The van der Waals surface area contributed by atoms with Crippen LogP contribution in [-0.4, -0.2) is 28.3 Å². The van der Waals surface area contributed by atoms with Gasteiger partial charge in [0, 0.05) is 27.7 Å². The Morgan fingerprint density at radius 3 is 1.09 bits per heavy atom. The first-order valence-electron chi connectivity index (χ1n) is 12.8. The highest BCUT2D eigenvalue weighted by Crippen LogP contribution is 2.47. The second kappa shape index (κ2) is 10.8. The molecule has 6 heteroatoms. The van der Waals surface area contributed by atoms with Crippen molar-refractivity contribution in [3.8, 4) is 11.5 Å². The molecule has 4 nitrogen and oxygen atoms in total. The maximum Gasteiger partial charge on any atom is 0.229 e. The summed E-state index contributed by atoms with van der Waals surface area (Å²) in [5.74, 6) is 1.62. The predicted octanol–water partition coefficient (Wildman–Crippen LogP) is 6.32. The molecular formula is C29H48O4Si2. The van der Waals surface area contributed by atoms with Crippen LogP contribution in [0.5, 0.6) is 11.5 Å². The molecule has 0 heterocycles. The van der Waals surface area contributed by atoms with Crippen LogP contribution in [0.4, 0.5) is 0 Å². The lowest BCUT2D eigenvalue weighted by molar-refractivity contribution is 0.273. The molecule has 0 unspecified atom stereocenters. The quantitative estimate of drug-likeness (QED) is 0.403. The molecule has 0 bridgehead atoms. The third-order valence-corrected chi connectivity index (χ3v) is 7.92. The lowest BCUT2D eigenvalue weighted by atomic mass is 9.72. The SMILES string of the molecule is C[SiH](C)Oc1c(C(C)(C)c2ccc(C(C)(C)C)c(CO)c2O[SiH](C)C)ccc(C(C)(C)C)c1CO. The van der Waals surface area contributed by atoms with E-state index >= 15 is 0 Å². The van der Waals surface area contributed by atoms with Gasteiger partial charge in [0.1, 0.15) is 11.5 Å². The van der Waals surface area contributed by atoms with Gasteiger partial charge in [0.15, 0.2) is 0 Å². The third-order valence-electron chi connectivity index (χ3n) is 6.51. The van der Waals surface area contributed by atoms with Gasteiger partial charge in [-0.3, -0.25) is 0 Å². The van der Waals surface area contributed by atoms with Crippen molar-refractivity contribution in [3.63, 3.8) is 0 Å². The zero-order valence-corrected chi connectivity index (χ0v) is 26.4. The smallest absolute Gasteiger partial charge is 0.229 e. The Balaban J connectivity index is 2.94. The monoisotopic (exact) mass is 516 g/mol. The van der Waals surface area contributed by atoms with E-state index in [4.69, 9.17) is 8.85 Å². The molecule has 2 rings (SSSR count). The van der Waals surface area contributed by atoms with E-state index in [1.807, 2.05) is 0 Å². The molecule has 0 aliphatic rings. The molecule has 0 fully saturated rings. The third kappa shape index (κ3) is 6.40. The molecule has 2 aromatic rings. The summed E-state index contributed by atoms with van der Waals surface area (Å²) in [6, 6.07) is 8.62. The molecule has 0 aliphatic carbocycles. The van der Waals surface area contributed by atoms with Crippen LogP contribution in [0.3, 0.4) is 0 Å². The largest absolute Gasteiger partial charge is 0.547 e. The van der Waals surface area contributed by atoms with Crippen molar-refractivity contribution >= 4 is 18.1 Å². The molecule has 0 saturated heterocycles. The lowest BCUT2D eigenvalue weighted by Crippen LogP contribution is -2.28. The molecule has 0 atom stereocenters. The van der Waals surface area contributed by atoms with E-state index < -0.39 is 23.5 Å². The van der Waals surface area contributed by atoms with Crippen molar-refractivity contribution in [2.45, 2.75) is 111 Å². The van der Waals surface area contributed by atoms with E-state index in [0.717, 1.165) is 44.9 Å². The minimum atomic E-state index is -1.47. The Kier molecular flexibility index (Phi) is 9.13. The number of hydrogen-bond acceptors (Lipinski definition) is 4. The fourth-order valence-electron chi connectivity index (χ4n) is 4.84. The van der Waals surface area contributed by atoms with E-state index in [1.165, 1.54) is 0 Å². The van der Waals surface area contributed by atoms with Crippen molar-refractivity contribution in [2.75, 3.05) is 0 Å². The minimum absolute atomic E-state index is 0.0694. The molecule has 0 saturated carbocycles. The average Bonchev–Trinajstić information content (AvgIpc) is 2.70. The fourth-order valence-corrected chi connectivity index (χ4v) is 6.33. The van der Waals surface area contributed by atoms with Crippen LogP contribution in [0.1, 0.15) is 88.8 Å². The highest BCUT2D eigenvalue weighted by molar-refractivity contribution is 6.49. The van der Waals surface area contributed by atoms with Gasteiger partial charge < -0.3 is 19.1 Å². The maximum atomic E-state index is 10.5. The van der Waals surface area contributed by atoms with E-state index in [0.29, 0.717) is 0 Å².